The van der Waals surface area contributed by atoms with Gasteiger partial charge < -0.3 is 10.1 Å². The highest BCUT2D eigenvalue weighted by Crippen LogP contribution is 2.09. The molecule has 0 saturated carbocycles. The second kappa shape index (κ2) is 7.62. The van der Waals surface area contributed by atoms with Crippen LogP contribution in [0.15, 0.2) is 30.3 Å². The van der Waals surface area contributed by atoms with E-state index in [1.165, 1.54) is 0 Å². The molecule has 1 saturated heterocycles. The van der Waals surface area contributed by atoms with E-state index in [2.05, 4.69) is 24.1 Å². The van der Waals surface area contributed by atoms with E-state index in [9.17, 15) is 0 Å². The van der Waals surface area contributed by atoms with Gasteiger partial charge in [-0.2, -0.15) is 0 Å². The maximum Gasteiger partial charge on any atom is 0.119 e. The quantitative estimate of drug-likeness (QED) is 0.908. The summed E-state index contributed by atoms with van der Waals surface area (Å²) in [5.41, 5.74) is 0. The first-order valence-corrected chi connectivity index (χ1v) is 6.40. The molecule has 4 heteroatoms. The van der Waals surface area contributed by atoms with Crippen LogP contribution in [0.3, 0.4) is 0 Å². The van der Waals surface area contributed by atoms with Crippen LogP contribution < -0.4 is 10.1 Å². The molecule has 1 aromatic rings. The molecule has 1 aliphatic heterocycles. The summed E-state index contributed by atoms with van der Waals surface area (Å²) in [4.78, 5) is 2.47. The van der Waals surface area contributed by atoms with Crippen molar-refractivity contribution in [1.82, 2.24) is 10.2 Å². The van der Waals surface area contributed by atoms with Crippen LogP contribution in [0.25, 0.3) is 0 Å². The Morgan fingerprint density at radius 3 is 2.39 bits per heavy atom. The van der Waals surface area contributed by atoms with E-state index in [0.29, 0.717) is 12.1 Å². The molecule has 2 atom stereocenters. The van der Waals surface area contributed by atoms with Crippen LogP contribution in [-0.2, 0) is 0 Å². The number of para-hydroxylation sites is 1. The predicted octanol–water partition coefficient (Wildman–Crippen LogP) is 2.17. The molecule has 1 aromatic carbocycles. The van der Waals surface area contributed by atoms with Gasteiger partial charge in [0.15, 0.2) is 0 Å². The summed E-state index contributed by atoms with van der Waals surface area (Å²) in [7, 11) is 0. The lowest BCUT2D eigenvalue weighted by Gasteiger charge is -2.35. The van der Waals surface area contributed by atoms with Crippen molar-refractivity contribution in [3.05, 3.63) is 30.3 Å². The molecule has 0 spiro atoms. The van der Waals surface area contributed by atoms with Crippen LogP contribution >= 0.6 is 12.4 Å². The molecule has 0 amide bonds. The summed E-state index contributed by atoms with van der Waals surface area (Å²) in [5.74, 6) is 0.962. The van der Waals surface area contributed by atoms with Gasteiger partial charge in [0.05, 0.1) is 0 Å². The van der Waals surface area contributed by atoms with Gasteiger partial charge in [-0.25, -0.2) is 0 Å². The van der Waals surface area contributed by atoms with Gasteiger partial charge in [0.1, 0.15) is 12.4 Å². The average Bonchev–Trinajstić information content (AvgIpc) is 2.29. The Labute approximate surface area is 116 Å². The maximum atomic E-state index is 5.72. The second-order valence-electron chi connectivity index (χ2n) is 4.89. The molecule has 1 fully saturated rings. The van der Waals surface area contributed by atoms with E-state index in [-0.39, 0.29) is 12.4 Å². The number of piperazine rings is 1. The Bertz CT molecular complexity index is 324. The lowest BCUT2D eigenvalue weighted by atomic mass is 10.1. The SMILES string of the molecule is CC1CN(CCOc2ccccc2)CC(C)N1.Cl. The highest BCUT2D eigenvalue weighted by Gasteiger charge is 2.20. The topological polar surface area (TPSA) is 24.5 Å². The van der Waals surface area contributed by atoms with Crippen molar-refractivity contribution in [3.63, 3.8) is 0 Å². The zero-order chi connectivity index (χ0) is 12.1. The van der Waals surface area contributed by atoms with Crippen LogP contribution in [0.5, 0.6) is 5.75 Å². The molecule has 0 bridgehead atoms. The van der Waals surface area contributed by atoms with Crippen molar-refractivity contribution >= 4 is 12.4 Å². The first-order chi connectivity index (χ1) is 8.24. The highest BCUT2D eigenvalue weighted by molar-refractivity contribution is 5.85. The van der Waals surface area contributed by atoms with Gasteiger partial charge in [0, 0.05) is 31.7 Å². The summed E-state index contributed by atoms with van der Waals surface area (Å²) in [6, 6.07) is 11.2. The predicted molar refractivity (Wildman–Crippen MR) is 77.7 cm³/mol. The average molecular weight is 271 g/mol. The molecule has 2 unspecified atom stereocenters. The third kappa shape index (κ3) is 4.84. The van der Waals surface area contributed by atoms with E-state index in [1.54, 1.807) is 0 Å². The molecular weight excluding hydrogens is 248 g/mol. The number of nitrogens with zero attached hydrogens (tertiary/aromatic N) is 1. The molecule has 1 heterocycles. The standard InChI is InChI=1S/C14H22N2O.ClH/c1-12-10-16(11-13(2)15-12)8-9-17-14-6-4-3-5-7-14;/h3-7,12-13,15H,8-11H2,1-2H3;1H. The van der Waals surface area contributed by atoms with Crippen molar-refractivity contribution < 1.29 is 4.74 Å². The second-order valence-corrected chi connectivity index (χ2v) is 4.89. The third-order valence-electron chi connectivity index (χ3n) is 3.05. The van der Waals surface area contributed by atoms with Crippen LogP contribution in [0.1, 0.15) is 13.8 Å². The van der Waals surface area contributed by atoms with Crippen molar-refractivity contribution in [2.75, 3.05) is 26.2 Å². The number of ether oxygens (including phenoxy) is 1. The molecule has 1 aliphatic rings. The van der Waals surface area contributed by atoms with Gasteiger partial charge in [0.2, 0.25) is 0 Å². The molecule has 1 N–H and O–H groups in total. The highest BCUT2D eigenvalue weighted by atomic mass is 35.5. The summed E-state index contributed by atoms with van der Waals surface area (Å²) < 4.78 is 5.72. The van der Waals surface area contributed by atoms with Crippen molar-refractivity contribution in [2.24, 2.45) is 0 Å². The summed E-state index contributed by atoms with van der Waals surface area (Å²) in [6.07, 6.45) is 0. The van der Waals surface area contributed by atoms with E-state index >= 15 is 0 Å². The van der Waals surface area contributed by atoms with Crippen molar-refractivity contribution in [1.29, 1.82) is 0 Å². The van der Waals surface area contributed by atoms with E-state index in [0.717, 1.165) is 32.0 Å². The first kappa shape index (κ1) is 15.3. The van der Waals surface area contributed by atoms with Crippen molar-refractivity contribution in [2.45, 2.75) is 25.9 Å². The third-order valence-corrected chi connectivity index (χ3v) is 3.05. The van der Waals surface area contributed by atoms with Gasteiger partial charge in [-0.15, -0.1) is 12.4 Å². The van der Waals surface area contributed by atoms with Crippen LogP contribution in [0.2, 0.25) is 0 Å². The summed E-state index contributed by atoms with van der Waals surface area (Å²) in [5, 5.41) is 3.53. The molecule has 18 heavy (non-hydrogen) atoms. The molecule has 0 radical (unpaired) electrons. The molecule has 0 aliphatic carbocycles. The Hall–Kier alpha value is -0.770. The minimum atomic E-state index is 0. The zero-order valence-corrected chi connectivity index (χ0v) is 12.0. The van der Waals surface area contributed by atoms with E-state index in [1.807, 2.05) is 30.3 Å². The fourth-order valence-corrected chi connectivity index (χ4v) is 2.43. The number of benzene rings is 1. The number of rotatable bonds is 4. The monoisotopic (exact) mass is 270 g/mol. The maximum absolute atomic E-state index is 5.72. The van der Waals surface area contributed by atoms with Gasteiger partial charge >= 0.3 is 0 Å². The Morgan fingerprint density at radius 2 is 1.78 bits per heavy atom. The lowest BCUT2D eigenvalue weighted by molar-refractivity contribution is 0.146. The number of halogens is 1. The summed E-state index contributed by atoms with van der Waals surface area (Å²) >= 11 is 0. The summed E-state index contributed by atoms with van der Waals surface area (Å²) in [6.45, 7) is 8.47. The minimum absolute atomic E-state index is 0. The first-order valence-electron chi connectivity index (χ1n) is 6.40. The van der Waals surface area contributed by atoms with Crippen LogP contribution in [-0.4, -0.2) is 43.2 Å². The molecule has 2 rings (SSSR count). The van der Waals surface area contributed by atoms with Gasteiger partial charge in [-0.05, 0) is 26.0 Å². The Kier molecular flexibility index (Phi) is 6.47. The van der Waals surface area contributed by atoms with Gasteiger partial charge in [-0.1, -0.05) is 18.2 Å². The Balaban J connectivity index is 0.00000162. The molecule has 3 nitrogen and oxygen atoms in total. The van der Waals surface area contributed by atoms with Crippen LogP contribution in [0, 0.1) is 0 Å². The van der Waals surface area contributed by atoms with Crippen molar-refractivity contribution in [3.8, 4) is 5.75 Å². The van der Waals surface area contributed by atoms with Gasteiger partial charge in [0.25, 0.3) is 0 Å². The number of nitrogens with one attached hydrogen (secondary N) is 1. The molecule has 102 valence electrons. The largest absolute Gasteiger partial charge is 0.492 e. The number of hydrogen-bond donors (Lipinski definition) is 1. The van der Waals surface area contributed by atoms with Crippen LogP contribution in [0.4, 0.5) is 0 Å². The number of hydrogen-bond acceptors (Lipinski definition) is 3. The zero-order valence-electron chi connectivity index (χ0n) is 11.1. The van der Waals surface area contributed by atoms with Gasteiger partial charge in [-0.3, -0.25) is 4.90 Å². The van der Waals surface area contributed by atoms with E-state index in [4.69, 9.17) is 4.74 Å². The fourth-order valence-electron chi connectivity index (χ4n) is 2.43. The molecular formula is C14H23ClN2O. The lowest BCUT2D eigenvalue weighted by Crippen LogP contribution is -2.54. The molecule has 0 aromatic heterocycles. The van der Waals surface area contributed by atoms with E-state index < -0.39 is 0 Å². The normalized spacial score (nSPS) is 24.3. The minimum Gasteiger partial charge on any atom is -0.492 e. The Morgan fingerprint density at radius 1 is 1.17 bits per heavy atom. The smallest absolute Gasteiger partial charge is 0.119 e. The fraction of sp³-hybridized carbons (Fsp3) is 0.571.